The molecule has 0 aliphatic carbocycles. The van der Waals surface area contributed by atoms with Crippen molar-refractivity contribution in [2.45, 2.75) is 19.8 Å². The quantitative estimate of drug-likeness (QED) is 0.841. The minimum absolute atomic E-state index is 0.139. The molecule has 0 spiro atoms. The van der Waals surface area contributed by atoms with Gasteiger partial charge in [0.15, 0.2) is 0 Å². The molecular weight excluding hydrogens is 324 g/mol. The second kappa shape index (κ2) is 7.44. The van der Waals surface area contributed by atoms with Crippen LogP contribution in [0.15, 0.2) is 24.3 Å². The first-order valence-electron chi connectivity index (χ1n) is 7.47. The van der Waals surface area contributed by atoms with Crippen molar-refractivity contribution in [2.24, 2.45) is 0 Å². The van der Waals surface area contributed by atoms with Crippen LogP contribution in [0, 0.1) is 0 Å². The number of rotatable bonds is 4. The van der Waals surface area contributed by atoms with Crippen LogP contribution in [0.25, 0.3) is 0 Å². The highest BCUT2D eigenvalue weighted by Gasteiger charge is 2.27. The molecule has 5 nitrogen and oxygen atoms in total. The van der Waals surface area contributed by atoms with Gasteiger partial charge in [0, 0.05) is 26.2 Å². The Labute approximate surface area is 136 Å². The summed E-state index contributed by atoms with van der Waals surface area (Å²) in [5.41, 5.74) is 0.467. The largest absolute Gasteiger partial charge is 0.337 e. The Kier molecular flexibility index (Phi) is 5.83. The lowest BCUT2D eigenvalue weighted by Gasteiger charge is -2.22. The van der Waals surface area contributed by atoms with Crippen molar-refractivity contribution in [3.63, 3.8) is 0 Å². The molecule has 0 aromatic heterocycles. The maximum Gasteiger partial charge on any atom is 0.255 e. The van der Waals surface area contributed by atoms with Crippen molar-refractivity contribution in [3.8, 4) is 0 Å². The number of halogens is 1. The van der Waals surface area contributed by atoms with Crippen molar-refractivity contribution in [1.29, 1.82) is 0 Å². The summed E-state index contributed by atoms with van der Waals surface area (Å²) in [6.07, 6.45) is 1.24. The number of hydrogen-bond donors (Lipinski definition) is 0. The normalized spacial score (nSPS) is 17.3. The molecule has 122 valence electrons. The Bertz CT molecular complexity index is 633. The third-order valence-electron chi connectivity index (χ3n) is 3.70. The van der Waals surface area contributed by atoms with E-state index in [1.54, 1.807) is 29.2 Å². The highest BCUT2D eigenvalue weighted by Crippen LogP contribution is 2.18. The van der Waals surface area contributed by atoms with Crippen LogP contribution in [0.2, 0.25) is 5.02 Å². The molecule has 7 heteroatoms. The Morgan fingerprint density at radius 3 is 2.59 bits per heavy atom. The summed E-state index contributed by atoms with van der Waals surface area (Å²) in [7, 11) is -3.21. The number of amides is 1. The van der Waals surface area contributed by atoms with Gasteiger partial charge in [-0.25, -0.2) is 12.7 Å². The van der Waals surface area contributed by atoms with E-state index in [0.29, 0.717) is 49.6 Å². The maximum atomic E-state index is 12.5. The number of carbonyl (C=O) groups is 1. The lowest BCUT2D eigenvalue weighted by molar-refractivity contribution is 0.0764. The number of sulfonamides is 1. The summed E-state index contributed by atoms with van der Waals surface area (Å²) in [6.45, 7) is 3.60. The van der Waals surface area contributed by atoms with Crippen molar-refractivity contribution < 1.29 is 13.2 Å². The third kappa shape index (κ3) is 4.00. The van der Waals surface area contributed by atoms with Gasteiger partial charge < -0.3 is 4.90 Å². The molecule has 22 heavy (non-hydrogen) atoms. The summed E-state index contributed by atoms with van der Waals surface area (Å²) >= 11 is 6.07. The predicted octanol–water partition coefficient (Wildman–Crippen LogP) is 2.23. The van der Waals surface area contributed by atoms with E-state index in [9.17, 15) is 13.2 Å². The molecule has 0 atom stereocenters. The van der Waals surface area contributed by atoms with Crippen molar-refractivity contribution in [1.82, 2.24) is 9.21 Å². The minimum Gasteiger partial charge on any atom is -0.337 e. The zero-order valence-electron chi connectivity index (χ0n) is 12.7. The Morgan fingerprint density at radius 1 is 1.18 bits per heavy atom. The van der Waals surface area contributed by atoms with E-state index in [0.717, 1.165) is 0 Å². The van der Waals surface area contributed by atoms with Crippen LogP contribution in [-0.4, -0.2) is 55.5 Å². The van der Waals surface area contributed by atoms with Crippen LogP contribution in [-0.2, 0) is 10.0 Å². The lowest BCUT2D eigenvalue weighted by Crippen LogP contribution is -2.38. The first-order valence-corrected chi connectivity index (χ1v) is 9.46. The van der Waals surface area contributed by atoms with Gasteiger partial charge in [0.05, 0.1) is 16.3 Å². The fourth-order valence-electron chi connectivity index (χ4n) is 2.57. The van der Waals surface area contributed by atoms with Gasteiger partial charge >= 0.3 is 0 Å². The molecule has 1 aromatic carbocycles. The summed E-state index contributed by atoms with van der Waals surface area (Å²) in [6, 6.07) is 6.93. The Balaban J connectivity index is 2.08. The summed E-state index contributed by atoms with van der Waals surface area (Å²) in [5.74, 6) is 0.0196. The van der Waals surface area contributed by atoms with Crippen LogP contribution >= 0.6 is 11.6 Å². The van der Waals surface area contributed by atoms with Crippen molar-refractivity contribution in [3.05, 3.63) is 34.9 Å². The highest BCUT2D eigenvalue weighted by atomic mass is 35.5. The van der Waals surface area contributed by atoms with Gasteiger partial charge in [-0.05, 0) is 25.0 Å². The molecule has 1 saturated heterocycles. The standard InChI is InChI=1S/C15H21ClN2O3S/c1-2-12-22(20,21)18-9-5-8-17(10-11-18)15(19)13-6-3-4-7-14(13)16/h3-4,6-7H,2,5,8-12H2,1H3. The highest BCUT2D eigenvalue weighted by molar-refractivity contribution is 7.89. The maximum absolute atomic E-state index is 12.5. The number of carbonyl (C=O) groups excluding carboxylic acids is 1. The number of nitrogens with zero attached hydrogens (tertiary/aromatic N) is 2. The number of hydrogen-bond acceptors (Lipinski definition) is 3. The fraction of sp³-hybridized carbons (Fsp3) is 0.533. The van der Waals surface area contributed by atoms with E-state index in [-0.39, 0.29) is 11.7 Å². The Morgan fingerprint density at radius 2 is 1.91 bits per heavy atom. The molecule has 2 rings (SSSR count). The smallest absolute Gasteiger partial charge is 0.255 e. The SMILES string of the molecule is CCCS(=O)(=O)N1CCCN(C(=O)c2ccccc2Cl)CC1. The molecule has 0 bridgehead atoms. The zero-order chi connectivity index (χ0) is 16.2. The van der Waals surface area contributed by atoms with E-state index < -0.39 is 10.0 Å². The van der Waals surface area contributed by atoms with Gasteiger partial charge in [0.25, 0.3) is 5.91 Å². The molecule has 1 aliphatic heterocycles. The number of benzene rings is 1. The van der Waals surface area contributed by atoms with E-state index in [4.69, 9.17) is 11.6 Å². The Hall–Kier alpha value is -1.11. The summed E-state index contributed by atoms with van der Waals surface area (Å²) in [4.78, 5) is 14.2. The summed E-state index contributed by atoms with van der Waals surface area (Å²) < 4.78 is 25.8. The second-order valence-corrected chi connectivity index (χ2v) is 7.84. The van der Waals surface area contributed by atoms with Gasteiger partial charge in [-0.15, -0.1) is 0 Å². The second-order valence-electron chi connectivity index (χ2n) is 5.34. The van der Waals surface area contributed by atoms with Gasteiger partial charge in [0.1, 0.15) is 0 Å². The van der Waals surface area contributed by atoms with E-state index in [1.807, 2.05) is 6.92 Å². The predicted molar refractivity (Wildman–Crippen MR) is 87.6 cm³/mol. The van der Waals surface area contributed by atoms with E-state index >= 15 is 0 Å². The average molecular weight is 345 g/mol. The van der Waals surface area contributed by atoms with Gasteiger partial charge in [-0.1, -0.05) is 30.7 Å². The van der Waals surface area contributed by atoms with Crippen LogP contribution < -0.4 is 0 Å². The molecule has 1 amide bonds. The van der Waals surface area contributed by atoms with Gasteiger partial charge in [0.2, 0.25) is 10.0 Å². The molecule has 0 unspecified atom stereocenters. The van der Waals surface area contributed by atoms with E-state index in [1.165, 1.54) is 4.31 Å². The monoisotopic (exact) mass is 344 g/mol. The lowest BCUT2D eigenvalue weighted by atomic mass is 10.2. The molecule has 1 heterocycles. The molecule has 0 saturated carbocycles. The van der Waals surface area contributed by atoms with Crippen LogP contribution in [0.4, 0.5) is 0 Å². The van der Waals surface area contributed by atoms with Crippen LogP contribution in [0.1, 0.15) is 30.1 Å². The van der Waals surface area contributed by atoms with Crippen LogP contribution in [0.5, 0.6) is 0 Å². The molecule has 1 aromatic rings. The molecule has 0 N–H and O–H groups in total. The first kappa shape index (κ1) is 17.2. The van der Waals surface area contributed by atoms with Crippen molar-refractivity contribution >= 4 is 27.5 Å². The third-order valence-corrected chi connectivity index (χ3v) is 6.11. The molecule has 1 aliphatic rings. The zero-order valence-corrected chi connectivity index (χ0v) is 14.2. The molecule has 1 fully saturated rings. The van der Waals surface area contributed by atoms with Gasteiger partial charge in [-0.2, -0.15) is 0 Å². The average Bonchev–Trinajstić information content (AvgIpc) is 2.73. The van der Waals surface area contributed by atoms with Gasteiger partial charge in [-0.3, -0.25) is 4.79 Å². The summed E-state index contributed by atoms with van der Waals surface area (Å²) in [5, 5.41) is 0.423. The fourth-order valence-corrected chi connectivity index (χ4v) is 4.32. The molecule has 0 radical (unpaired) electrons. The minimum atomic E-state index is -3.21. The molecular formula is C15H21ClN2O3S. The van der Waals surface area contributed by atoms with E-state index in [2.05, 4.69) is 0 Å². The topological polar surface area (TPSA) is 57.7 Å². The van der Waals surface area contributed by atoms with Crippen molar-refractivity contribution in [2.75, 3.05) is 31.9 Å². The van der Waals surface area contributed by atoms with Crippen LogP contribution in [0.3, 0.4) is 0 Å². The first-order chi connectivity index (χ1) is 10.5.